The molecule has 6 aromatic carbocycles. The molecule has 0 aliphatic heterocycles. The first-order valence-electron chi connectivity index (χ1n) is 22.2. The summed E-state index contributed by atoms with van der Waals surface area (Å²) in [6.07, 6.45) is 0. The molecule has 0 aliphatic carbocycles. The molecule has 0 N–H and O–H groups in total. The Kier molecular flexibility index (Phi) is 26.2. The van der Waals surface area contributed by atoms with Gasteiger partial charge in [-0.25, -0.2) is 9.97 Å². The van der Waals surface area contributed by atoms with Crippen molar-refractivity contribution in [3.05, 3.63) is 133 Å². The molecule has 33 heteroatoms. The molecule has 75 heavy (non-hydrogen) atoms. The standard InChI is InChI=1S/C42H26N4.H31P29/c1-23-39-31(25-11-13-29-19-27-7-3-5-9-33(27)45-37(29)21-25)15-18-36-41(39)42-35(43-23)17-16-32(40(42)24(2)44-36)26-12-14-30-20-28-8-4-6-10-34(28)46-38(30)22-26;1-16-24(17(2)3)28(25(18(4)5)19(6)7)29(26(20(8)9)21(10)11)27(22(12)13)23(14)15/h3-22H,1-2H3;16H,1-15H2. The molecular weight excluding hydrogens is 1460 g/mol. The summed E-state index contributed by atoms with van der Waals surface area (Å²) in [5, 5.41) is 9.19. The van der Waals surface area contributed by atoms with Gasteiger partial charge in [-0.3, -0.25) is 9.97 Å². The number of pyridine rings is 4. The van der Waals surface area contributed by atoms with Crippen LogP contribution in [0.4, 0.5) is 0 Å². The Bertz CT molecular complexity index is 3440. The van der Waals surface area contributed by atoms with Gasteiger partial charge in [0.1, 0.15) is 0 Å². The Labute approximate surface area is 492 Å². The van der Waals surface area contributed by atoms with Gasteiger partial charge in [0.25, 0.3) is 0 Å². The fraction of sp³-hybridized carbons (Fsp3) is 0.0476. The average molecular weight is 1520 g/mol. The lowest BCUT2D eigenvalue weighted by Gasteiger charge is -2.51. The van der Waals surface area contributed by atoms with Crippen LogP contribution in [-0.4, -0.2) is 19.9 Å². The van der Waals surface area contributed by atoms with Gasteiger partial charge in [-0.2, -0.15) is 0 Å². The van der Waals surface area contributed by atoms with Gasteiger partial charge in [0.15, 0.2) is 0 Å². The van der Waals surface area contributed by atoms with Crippen molar-refractivity contribution in [3.63, 3.8) is 0 Å². The van der Waals surface area contributed by atoms with Crippen LogP contribution in [0.2, 0.25) is 0 Å². The second-order valence-electron chi connectivity index (χ2n) is 16.8. The number of aryl methyl sites for hydroxylation is 2. The van der Waals surface area contributed by atoms with Crippen molar-refractivity contribution >= 4 is 309 Å². The number of rotatable bonds is 15. The smallest absolute Gasteiger partial charge is 0.0719 e. The molecule has 4 nitrogen and oxygen atoms in total. The van der Waals surface area contributed by atoms with Crippen LogP contribution in [0.15, 0.2) is 121 Å². The summed E-state index contributed by atoms with van der Waals surface area (Å²) in [5.74, 6) is 0. The molecule has 0 fully saturated rings. The number of hydrogen-bond acceptors (Lipinski definition) is 4. The van der Waals surface area contributed by atoms with Crippen molar-refractivity contribution in [2.45, 2.75) is 13.8 Å². The molecular formula is C42H57N4P29. The third-order valence-electron chi connectivity index (χ3n) is 12.0. The number of para-hydroxylation sites is 2. The molecule has 0 radical (unpaired) electrons. The highest BCUT2D eigenvalue weighted by molar-refractivity contribution is 9.43. The summed E-state index contributed by atoms with van der Waals surface area (Å²) in [4.78, 5) is 20.4. The molecule has 0 saturated carbocycles. The molecule has 18 atom stereocenters. The third kappa shape index (κ3) is 14.9. The predicted molar refractivity (Wildman–Crippen MR) is 436 cm³/mol. The highest BCUT2D eigenvalue weighted by Gasteiger charge is 2.49. The first kappa shape index (κ1) is 65.9. The van der Waals surface area contributed by atoms with E-state index in [1.54, 1.807) is 0 Å². The number of benzene rings is 6. The number of nitrogens with zero attached hydrogens (tertiary/aromatic N) is 4. The van der Waals surface area contributed by atoms with Gasteiger partial charge in [0.05, 0.1) is 33.1 Å². The van der Waals surface area contributed by atoms with Crippen LogP contribution in [-0.2, 0) is 0 Å². The minimum atomic E-state index is -0.0415. The first-order chi connectivity index (χ1) is 35.8. The van der Waals surface area contributed by atoms with Crippen LogP contribution in [0, 0.1) is 13.8 Å². The summed E-state index contributed by atoms with van der Waals surface area (Å²) in [6.45, 7) is 4.41. The largest absolute Gasteiger partial charge is 0.252 e. The number of aromatic nitrogens is 4. The SMILES string of the molecule is Cc1nc2ccc(-c3ccc4cc5ccccc5nc4c3)c3c(C)nc4ccc(-c5ccc6cc7ccccc7nc6c5)c1c4c23.PPP(P(P)P)P(P(P(P)P)P(P)P)P(P(P(P)P)P(P)P)P(P(P)P)P(P)P. The molecule has 4 aromatic heterocycles. The van der Waals surface area contributed by atoms with E-state index in [0.29, 0.717) is 0 Å². The number of hydrogen-bond donors (Lipinski definition) is 0. The van der Waals surface area contributed by atoms with Crippen molar-refractivity contribution in [1.29, 1.82) is 0 Å². The summed E-state index contributed by atoms with van der Waals surface area (Å²) in [5.41, 5.74) is 12.5. The average Bonchev–Trinajstić information content (AvgIpc) is 3.36. The molecule has 0 aliphatic rings. The lowest BCUT2D eigenvalue weighted by Crippen LogP contribution is -1.98. The Balaban J connectivity index is 0.000000208. The van der Waals surface area contributed by atoms with Crippen molar-refractivity contribution in [3.8, 4) is 22.3 Å². The topological polar surface area (TPSA) is 51.6 Å². The van der Waals surface area contributed by atoms with Crippen LogP contribution in [0.1, 0.15) is 11.4 Å². The molecule has 0 spiro atoms. The van der Waals surface area contributed by atoms with Crippen LogP contribution in [0.5, 0.6) is 0 Å². The molecule has 0 bridgehead atoms. The first-order valence-corrected chi connectivity index (χ1v) is 74.4. The molecule has 0 amide bonds. The van der Waals surface area contributed by atoms with Gasteiger partial charge in [-0.05, 0) is 175 Å². The van der Waals surface area contributed by atoms with E-state index in [2.05, 4.69) is 257 Å². The van der Waals surface area contributed by atoms with Gasteiger partial charge in [-0.1, -0.05) is 80.8 Å². The molecule has 10 rings (SSSR count). The highest BCUT2D eigenvalue weighted by Crippen LogP contribution is 3.37. The Morgan fingerprint density at radius 2 is 0.680 bits per heavy atom. The van der Waals surface area contributed by atoms with Crippen LogP contribution < -0.4 is 0 Å². The molecule has 0 saturated heterocycles. The van der Waals surface area contributed by atoms with Crippen molar-refractivity contribution in [1.82, 2.24) is 19.9 Å². The Hall–Kier alpha value is 6.47. The predicted octanol–water partition coefficient (Wildman–Crippen LogP) is 27.4. The maximum Gasteiger partial charge on any atom is 0.0719 e. The fourth-order valence-electron chi connectivity index (χ4n) is 9.02. The molecule has 390 valence electrons. The van der Waals surface area contributed by atoms with E-state index in [4.69, 9.17) is 19.9 Å². The summed E-state index contributed by atoms with van der Waals surface area (Å²) < 4.78 is 0. The fourth-order valence-corrected chi connectivity index (χ4v) is 387. The van der Waals surface area contributed by atoms with E-state index < -0.39 is 0 Å². The van der Waals surface area contributed by atoms with E-state index in [0.717, 1.165) is 107 Å². The normalized spacial score (nSPS) is 13.8. The van der Waals surface area contributed by atoms with Gasteiger partial charge in [-0.15, -0.1) is 134 Å². The quantitative estimate of drug-likeness (QED) is 0.0583. The maximum absolute atomic E-state index is 5.20. The van der Waals surface area contributed by atoms with Crippen LogP contribution >= 0.6 is 233 Å². The van der Waals surface area contributed by atoms with E-state index in [9.17, 15) is 0 Å². The summed E-state index contributed by atoms with van der Waals surface area (Å²) >= 11 is 0. The van der Waals surface area contributed by atoms with Gasteiger partial charge < -0.3 is 0 Å². The van der Waals surface area contributed by atoms with E-state index in [-0.39, 0.29) is 90.8 Å². The van der Waals surface area contributed by atoms with Crippen molar-refractivity contribution < 1.29 is 0 Å². The maximum atomic E-state index is 5.20. The van der Waals surface area contributed by atoms with Crippen LogP contribution in [0.3, 0.4) is 0 Å². The molecule has 18 unspecified atom stereocenters. The Morgan fingerprint density at radius 3 is 1.04 bits per heavy atom. The molecule has 4 heterocycles. The molecule has 10 aromatic rings. The lowest BCUT2D eigenvalue weighted by molar-refractivity contribution is 1.26. The second-order valence-corrected chi connectivity index (χ2v) is 132. The van der Waals surface area contributed by atoms with Gasteiger partial charge in [0, 0.05) is 54.5 Å². The van der Waals surface area contributed by atoms with Crippen molar-refractivity contribution in [2.24, 2.45) is 0 Å². The zero-order valence-electron chi connectivity index (χ0n) is 40.3. The van der Waals surface area contributed by atoms with E-state index in [1.807, 2.05) is 12.1 Å². The van der Waals surface area contributed by atoms with Gasteiger partial charge >= 0.3 is 0 Å². The van der Waals surface area contributed by atoms with E-state index in [1.165, 1.54) is 10.8 Å². The Morgan fingerprint density at radius 1 is 0.320 bits per heavy atom. The van der Waals surface area contributed by atoms with Crippen molar-refractivity contribution in [2.75, 3.05) is 0 Å². The highest BCUT2D eigenvalue weighted by atomic mass is 33.5. The second kappa shape index (κ2) is 29.9. The monoisotopic (exact) mass is 1520 g/mol. The minimum absolute atomic E-state index is 0.0147. The summed E-state index contributed by atoms with van der Waals surface area (Å²) in [7, 11) is 50.2. The third-order valence-corrected chi connectivity index (χ3v) is 203. The van der Waals surface area contributed by atoms with E-state index >= 15 is 0 Å². The zero-order chi connectivity index (χ0) is 53.7. The zero-order valence-corrected chi connectivity index (χ0v) is 70.3. The van der Waals surface area contributed by atoms with Gasteiger partial charge in [0.2, 0.25) is 0 Å². The summed E-state index contributed by atoms with van der Waals surface area (Å²) in [6, 6.07) is 43.0. The minimum Gasteiger partial charge on any atom is -0.252 e. The lowest BCUT2D eigenvalue weighted by atomic mass is 9.89. The van der Waals surface area contributed by atoms with Crippen LogP contribution in [0.25, 0.3) is 98.4 Å². The number of fused-ring (bicyclic) bond motifs is 4.